The zero-order valence-corrected chi connectivity index (χ0v) is 11.2. The normalized spacial score (nSPS) is 10.2. The number of thiophene rings is 1. The zero-order chi connectivity index (χ0) is 13.8. The Hall–Kier alpha value is -2.21. The average Bonchev–Trinajstić information content (AvgIpc) is 2.81. The van der Waals surface area contributed by atoms with Gasteiger partial charge >= 0.3 is 5.97 Å². The van der Waals surface area contributed by atoms with Crippen LogP contribution in [0.3, 0.4) is 0 Å². The van der Waals surface area contributed by atoms with Crippen molar-refractivity contribution in [3.8, 4) is 5.75 Å². The molecule has 0 fully saturated rings. The van der Waals surface area contributed by atoms with Gasteiger partial charge < -0.3 is 20.9 Å². The van der Waals surface area contributed by atoms with Crippen LogP contribution in [0, 0.1) is 0 Å². The number of anilines is 2. The number of carboxylic acid groups (broad SMARTS) is 1. The quantitative estimate of drug-likeness (QED) is 0.783. The maximum Gasteiger partial charge on any atom is 0.335 e. The van der Waals surface area contributed by atoms with Gasteiger partial charge in [0.1, 0.15) is 5.75 Å². The van der Waals surface area contributed by atoms with Crippen molar-refractivity contribution in [3.05, 3.63) is 40.1 Å². The first-order chi connectivity index (χ1) is 9.11. The lowest BCUT2D eigenvalue weighted by molar-refractivity contribution is 0.0697. The number of methoxy groups -OCH3 is 1. The molecule has 100 valence electrons. The molecule has 2 aromatic rings. The molecule has 5 nitrogen and oxygen atoms in total. The highest BCUT2D eigenvalue weighted by atomic mass is 32.1. The minimum atomic E-state index is -0.971. The van der Waals surface area contributed by atoms with Crippen LogP contribution in [0.25, 0.3) is 0 Å². The van der Waals surface area contributed by atoms with E-state index in [1.165, 1.54) is 6.07 Å². The zero-order valence-electron chi connectivity index (χ0n) is 10.3. The lowest BCUT2D eigenvalue weighted by Crippen LogP contribution is -2.04. The second-order valence-corrected chi connectivity index (χ2v) is 4.87. The minimum absolute atomic E-state index is 0.211. The maximum atomic E-state index is 11.0. The lowest BCUT2D eigenvalue weighted by Gasteiger charge is -2.11. The summed E-state index contributed by atoms with van der Waals surface area (Å²) < 4.78 is 5.20. The van der Waals surface area contributed by atoms with Crippen molar-refractivity contribution in [1.29, 1.82) is 0 Å². The molecule has 0 aliphatic carbocycles. The van der Waals surface area contributed by atoms with Crippen LogP contribution >= 0.6 is 11.3 Å². The number of carbonyl (C=O) groups is 1. The molecule has 0 aliphatic heterocycles. The van der Waals surface area contributed by atoms with Gasteiger partial charge in [0, 0.05) is 10.6 Å². The van der Waals surface area contributed by atoms with E-state index >= 15 is 0 Å². The molecule has 0 aliphatic rings. The number of hydrogen-bond donors (Lipinski definition) is 3. The molecule has 0 saturated heterocycles. The van der Waals surface area contributed by atoms with Gasteiger partial charge in [-0.3, -0.25) is 0 Å². The van der Waals surface area contributed by atoms with Gasteiger partial charge in [0.05, 0.1) is 24.9 Å². The van der Waals surface area contributed by atoms with E-state index in [-0.39, 0.29) is 5.56 Å². The summed E-state index contributed by atoms with van der Waals surface area (Å²) in [4.78, 5) is 12.0. The van der Waals surface area contributed by atoms with E-state index in [9.17, 15) is 4.79 Å². The largest absolute Gasteiger partial charge is 0.495 e. The van der Waals surface area contributed by atoms with Crippen molar-refractivity contribution < 1.29 is 14.6 Å². The smallest absolute Gasteiger partial charge is 0.335 e. The number of ether oxygens (including phenoxy) is 1. The van der Waals surface area contributed by atoms with E-state index in [1.54, 1.807) is 30.6 Å². The van der Waals surface area contributed by atoms with Gasteiger partial charge in [0.25, 0.3) is 0 Å². The molecular formula is C13H14N2O3S. The number of hydrogen-bond acceptors (Lipinski definition) is 5. The molecular weight excluding hydrogens is 264 g/mol. The van der Waals surface area contributed by atoms with Crippen LogP contribution in [0.15, 0.2) is 29.6 Å². The first kappa shape index (κ1) is 13.2. The van der Waals surface area contributed by atoms with E-state index in [0.29, 0.717) is 18.0 Å². The van der Waals surface area contributed by atoms with Crippen molar-refractivity contribution in [2.24, 2.45) is 0 Å². The molecule has 0 atom stereocenters. The third kappa shape index (κ3) is 2.97. The number of aromatic carboxylic acids is 1. The number of carboxylic acids is 1. The highest BCUT2D eigenvalue weighted by Gasteiger charge is 2.09. The molecule has 1 aromatic heterocycles. The van der Waals surface area contributed by atoms with Crippen LogP contribution in [-0.4, -0.2) is 18.2 Å². The van der Waals surface area contributed by atoms with Crippen LogP contribution in [0.2, 0.25) is 0 Å². The first-order valence-electron chi connectivity index (χ1n) is 5.59. The van der Waals surface area contributed by atoms with E-state index in [4.69, 9.17) is 15.6 Å². The highest BCUT2D eigenvalue weighted by molar-refractivity contribution is 7.10. The lowest BCUT2D eigenvalue weighted by atomic mass is 10.2. The molecule has 19 heavy (non-hydrogen) atoms. The van der Waals surface area contributed by atoms with Crippen LogP contribution in [0.5, 0.6) is 5.75 Å². The van der Waals surface area contributed by atoms with Gasteiger partial charge in [-0.15, -0.1) is 11.3 Å². The standard InChI is InChI=1S/C13H14N2O3S/c1-18-11-3-2-8(13(16)17)6-10(11)15-7-12-9(14)4-5-19-12/h2-6,15H,7,14H2,1H3,(H,16,17). The molecule has 0 radical (unpaired) electrons. The number of benzene rings is 1. The van der Waals surface area contributed by atoms with Crippen molar-refractivity contribution in [2.75, 3.05) is 18.2 Å². The SMILES string of the molecule is COc1ccc(C(=O)O)cc1NCc1sccc1N. The predicted octanol–water partition coefficient (Wildman–Crippen LogP) is 2.65. The number of rotatable bonds is 5. The van der Waals surface area contributed by atoms with Crippen molar-refractivity contribution in [2.45, 2.75) is 6.54 Å². The van der Waals surface area contributed by atoms with Crippen LogP contribution in [0.1, 0.15) is 15.2 Å². The topological polar surface area (TPSA) is 84.6 Å². The van der Waals surface area contributed by atoms with Crippen molar-refractivity contribution >= 4 is 28.7 Å². The Labute approximate surface area is 114 Å². The summed E-state index contributed by atoms with van der Waals surface area (Å²) in [7, 11) is 1.54. The molecule has 0 bridgehead atoms. The van der Waals surface area contributed by atoms with Gasteiger partial charge in [0.2, 0.25) is 0 Å². The number of nitrogen functional groups attached to an aromatic ring is 1. The van der Waals surface area contributed by atoms with Gasteiger partial charge in [-0.25, -0.2) is 4.79 Å². The Kier molecular flexibility index (Phi) is 3.91. The number of nitrogens with two attached hydrogens (primary N) is 1. The summed E-state index contributed by atoms with van der Waals surface area (Å²) in [6.07, 6.45) is 0. The second kappa shape index (κ2) is 5.62. The Balaban J connectivity index is 2.20. The van der Waals surface area contributed by atoms with Gasteiger partial charge in [0.15, 0.2) is 0 Å². The summed E-state index contributed by atoms with van der Waals surface area (Å²) in [5.41, 5.74) is 7.37. The molecule has 1 aromatic carbocycles. The minimum Gasteiger partial charge on any atom is -0.495 e. The Morgan fingerprint density at radius 3 is 2.84 bits per heavy atom. The van der Waals surface area contributed by atoms with Gasteiger partial charge in [-0.2, -0.15) is 0 Å². The number of nitrogens with one attached hydrogen (secondary N) is 1. The first-order valence-corrected chi connectivity index (χ1v) is 6.47. The summed E-state index contributed by atoms with van der Waals surface area (Å²) in [5, 5.41) is 14.0. The molecule has 4 N–H and O–H groups in total. The Morgan fingerprint density at radius 2 is 2.26 bits per heavy atom. The molecule has 0 amide bonds. The summed E-state index contributed by atoms with van der Waals surface area (Å²) in [6.45, 7) is 0.531. The van der Waals surface area contributed by atoms with Crippen molar-refractivity contribution in [3.63, 3.8) is 0 Å². The van der Waals surface area contributed by atoms with E-state index in [2.05, 4.69) is 5.32 Å². The fourth-order valence-electron chi connectivity index (χ4n) is 1.65. The Bertz CT molecular complexity index is 595. The van der Waals surface area contributed by atoms with Crippen LogP contribution < -0.4 is 15.8 Å². The third-order valence-electron chi connectivity index (χ3n) is 2.67. The van der Waals surface area contributed by atoms with Gasteiger partial charge in [-0.05, 0) is 29.6 Å². The fraction of sp³-hybridized carbons (Fsp3) is 0.154. The maximum absolute atomic E-state index is 11.0. The average molecular weight is 278 g/mol. The van der Waals surface area contributed by atoms with Crippen molar-refractivity contribution in [1.82, 2.24) is 0 Å². The van der Waals surface area contributed by atoms with E-state index < -0.39 is 5.97 Å². The van der Waals surface area contributed by atoms with E-state index in [0.717, 1.165) is 10.6 Å². The van der Waals surface area contributed by atoms with Crippen LogP contribution in [-0.2, 0) is 6.54 Å². The molecule has 0 spiro atoms. The molecule has 2 rings (SSSR count). The predicted molar refractivity (Wildman–Crippen MR) is 76.0 cm³/mol. The van der Waals surface area contributed by atoms with Crippen LogP contribution in [0.4, 0.5) is 11.4 Å². The van der Waals surface area contributed by atoms with E-state index in [1.807, 2.05) is 11.4 Å². The second-order valence-electron chi connectivity index (χ2n) is 3.87. The summed E-state index contributed by atoms with van der Waals surface area (Å²) in [5.74, 6) is -0.374. The Morgan fingerprint density at radius 1 is 1.47 bits per heavy atom. The van der Waals surface area contributed by atoms with Gasteiger partial charge in [-0.1, -0.05) is 0 Å². The highest BCUT2D eigenvalue weighted by Crippen LogP contribution is 2.27. The monoisotopic (exact) mass is 278 g/mol. The molecule has 0 saturated carbocycles. The summed E-state index contributed by atoms with van der Waals surface area (Å²) in [6, 6.07) is 6.52. The molecule has 0 unspecified atom stereocenters. The third-order valence-corrected chi connectivity index (χ3v) is 3.60. The molecule has 6 heteroatoms. The fourth-order valence-corrected chi connectivity index (χ4v) is 2.39. The molecule has 1 heterocycles. The summed E-state index contributed by atoms with van der Waals surface area (Å²) >= 11 is 1.55.